The van der Waals surface area contributed by atoms with E-state index in [0.717, 1.165) is 5.56 Å². The van der Waals surface area contributed by atoms with E-state index in [1.807, 2.05) is 30.3 Å². The highest BCUT2D eigenvalue weighted by molar-refractivity contribution is 6.14. The summed E-state index contributed by atoms with van der Waals surface area (Å²) in [6, 6.07) is 18.3. The molecule has 2 aliphatic rings. The summed E-state index contributed by atoms with van der Waals surface area (Å²) >= 11 is 0. The Bertz CT molecular complexity index is 1500. The average molecular weight is 528 g/mol. The number of ketones is 1. The Labute approximate surface area is 224 Å². The lowest BCUT2D eigenvalue weighted by Gasteiger charge is -2.44. The van der Waals surface area contributed by atoms with Crippen molar-refractivity contribution in [3.8, 4) is 0 Å². The lowest BCUT2D eigenvalue weighted by Crippen LogP contribution is -2.46. The average Bonchev–Trinajstić information content (AvgIpc) is 2.96. The van der Waals surface area contributed by atoms with E-state index in [-0.39, 0.29) is 23.4 Å². The Balaban J connectivity index is 1.83. The molecule has 0 saturated heterocycles. The Morgan fingerprint density at radius 1 is 1.00 bits per heavy atom. The van der Waals surface area contributed by atoms with Crippen LogP contribution in [0.2, 0.25) is 0 Å². The van der Waals surface area contributed by atoms with Crippen LogP contribution >= 0.6 is 0 Å². The maximum Gasteiger partial charge on any atom is 0.338 e. The van der Waals surface area contributed by atoms with Crippen LogP contribution in [0.1, 0.15) is 29.4 Å². The van der Waals surface area contributed by atoms with Gasteiger partial charge in [-0.1, -0.05) is 42.5 Å². The molecular formula is C30H26FN3O5. The molecule has 5 rings (SSSR count). The fourth-order valence-corrected chi connectivity index (χ4v) is 5.54. The van der Waals surface area contributed by atoms with Crippen LogP contribution < -0.4 is 10.6 Å². The second-order valence-corrected chi connectivity index (χ2v) is 9.27. The van der Waals surface area contributed by atoms with E-state index in [0.29, 0.717) is 16.9 Å². The van der Waals surface area contributed by atoms with Gasteiger partial charge < -0.3 is 15.2 Å². The molecule has 2 heterocycles. The van der Waals surface area contributed by atoms with Crippen LogP contribution in [-0.4, -0.2) is 36.9 Å². The number of anilines is 1. The fourth-order valence-electron chi connectivity index (χ4n) is 5.54. The zero-order valence-corrected chi connectivity index (χ0v) is 21.3. The third-order valence-electron chi connectivity index (χ3n) is 7.21. The van der Waals surface area contributed by atoms with Gasteiger partial charge in [-0.05, 0) is 41.8 Å². The highest BCUT2D eigenvalue weighted by Crippen LogP contribution is 2.51. The van der Waals surface area contributed by atoms with Gasteiger partial charge in [0.1, 0.15) is 17.6 Å². The van der Waals surface area contributed by atoms with E-state index >= 15 is 0 Å². The minimum absolute atomic E-state index is 0.00353. The minimum atomic E-state index is -1.18. The number of halogens is 1. The predicted molar refractivity (Wildman–Crippen MR) is 140 cm³/mol. The van der Waals surface area contributed by atoms with Gasteiger partial charge in [-0.2, -0.15) is 0 Å². The molecule has 3 atom stereocenters. The van der Waals surface area contributed by atoms with Crippen LogP contribution in [-0.2, 0) is 23.9 Å². The number of hydrogen-bond donors (Lipinski definition) is 1. The number of hydrogen-bond acceptors (Lipinski definition) is 8. The summed E-state index contributed by atoms with van der Waals surface area (Å²) in [7, 11) is 2.45. The van der Waals surface area contributed by atoms with Gasteiger partial charge in [0.2, 0.25) is 0 Å². The maximum atomic E-state index is 14.4. The van der Waals surface area contributed by atoms with Crippen molar-refractivity contribution in [2.24, 2.45) is 11.7 Å². The molecule has 0 amide bonds. The van der Waals surface area contributed by atoms with Crippen molar-refractivity contribution in [3.05, 3.63) is 119 Å². The second kappa shape index (κ2) is 10.5. The zero-order valence-electron chi connectivity index (χ0n) is 21.3. The number of esters is 2. The van der Waals surface area contributed by atoms with Gasteiger partial charge in [0.05, 0.1) is 31.4 Å². The van der Waals surface area contributed by atoms with Gasteiger partial charge in [-0.15, -0.1) is 0 Å². The molecule has 1 aromatic heterocycles. The number of rotatable bonds is 5. The molecule has 3 aromatic rings. The van der Waals surface area contributed by atoms with E-state index in [4.69, 9.17) is 15.2 Å². The number of nitrogens with zero attached hydrogens (tertiary/aromatic N) is 2. The predicted octanol–water partition coefficient (Wildman–Crippen LogP) is 3.97. The molecular weight excluding hydrogens is 501 g/mol. The molecule has 0 fully saturated rings. The molecule has 0 bridgehead atoms. The molecule has 8 nitrogen and oxygen atoms in total. The third-order valence-corrected chi connectivity index (χ3v) is 7.21. The van der Waals surface area contributed by atoms with Crippen molar-refractivity contribution < 1.29 is 28.2 Å². The number of carbonyl (C=O) groups excluding carboxylic acids is 3. The summed E-state index contributed by atoms with van der Waals surface area (Å²) in [5, 5.41) is 0. The largest absolute Gasteiger partial charge is 0.468 e. The molecule has 198 valence electrons. The number of carbonyl (C=O) groups is 3. The van der Waals surface area contributed by atoms with E-state index in [9.17, 15) is 18.8 Å². The number of methoxy groups -OCH3 is 2. The number of benzene rings is 2. The van der Waals surface area contributed by atoms with Crippen LogP contribution in [0, 0.1) is 11.7 Å². The van der Waals surface area contributed by atoms with Gasteiger partial charge in [0.15, 0.2) is 5.78 Å². The van der Waals surface area contributed by atoms with E-state index in [1.165, 1.54) is 43.5 Å². The summed E-state index contributed by atoms with van der Waals surface area (Å²) in [4.78, 5) is 46.5. The Morgan fingerprint density at radius 2 is 1.74 bits per heavy atom. The second-order valence-electron chi connectivity index (χ2n) is 9.27. The molecule has 1 aliphatic heterocycles. The molecule has 39 heavy (non-hydrogen) atoms. The Kier molecular flexibility index (Phi) is 6.98. The van der Waals surface area contributed by atoms with E-state index in [1.54, 1.807) is 24.4 Å². The molecule has 2 aromatic carbocycles. The zero-order chi connectivity index (χ0) is 27.7. The van der Waals surface area contributed by atoms with Gasteiger partial charge in [-0.3, -0.25) is 19.5 Å². The molecule has 0 unspecified atom stereocenters. The molecule has 0 spiro atoms. The van der Waals surface area contributed by atoms with Crippen LogP contribution in [0.5, 0.6) is 0 Å². The number of pyridine rings is 1. The van der Waals surface area contributed by atoms with E-state index < -0.39 is 41.3 Å². The van der Waals surface area contributed by atoms with Crippen molar-refractivity contribution in [1.82, 2.24) is 4.98 Å². The molecule has 9 heteroatoms. The van der Waals surface area contributed by atoms with Crippen LogP contribution in [0.25, 0.3) is 0 Å². The summed E-state index contributed by atoms with van der Waals surface area (Å²) in [6.45, 7) is 0. The summed E-state index contributed by atoms with van der Waals surface area (Å²) in [6.07, 6.45) is 3.29. The van der Waals surface area contributed by atoms with Gasteiger partial charge in [0, 0.05) is 29.6 Å². The molecule has 0 saturated carbocycles. The van der Waals surface area contributed by atoms with Crippen LogP contribution in [0.3, 0.4) is 0 Å². The SMILES string of the molecule is COC(=O)C1=C(N)N(c2cccc(F)c2)C2=C(C(=O)[C@H](C(=O)OC)[C@H](c3ccccc3)C2)[C@@H]1c1cccnc1. The third kappa shape index (κ3) is 4.46. The normalized spacial score (nSPS) is 20.9. The number of aromatic nitrogens is 1. The maximum absolute atomic E-state index is 14.4. The van der Waals surface area contributed by atoms with Gasteiger partial charge in [0.25, 0.3) is 0 Å². The number of nitrogens with two attached hydrogens (primary N) is 1. The number of Topliss-reactive ketones (excluding diaryl/α,β-unsaturated/α-hetero) is 1. The first-order chi connectivity index (χ1) is 18.9. The van der Waals surface area contributed by atoms with Crippen molar-refractivity contribution in [3.63, 3.8) is 0 Å². The molecule has 1 aliphatic carbocycles. The monoisotopic (exact) mass is 527 g/mol. The first-order valence-corrected chi connectivity index (χ1v) is 12.3. The van der Waals surface area contributed by atoms with E-state index in [2.05, 4.69) is 4.98 Å². The molecule has 0 radical (unpaired) electrons. The topological polar surface area (TPSA) is 112 Å². The first kappa shape index (κ1) is 25.8. The van der Waals surface area contributed by atoms with Crippen molar-refractivity contribution in [1.29, 1.82) is 0 Å². The smallest absolute Gasteiger partial charge is 0.338 e. The van der Waals surface area contributed by atoms with Crippen LogP contribution in [0.15, 0.2) is 102 Å². The van der Waals surface area contributed by atoms with Crippen molar-refractivity contribution in [2.75, 3.05) is 19.1 Å². The van der Waals surface area contributed by atoms with Gasteiger partial charge in [-0.25, -0.2) is 9.18 Å². The standard InChI is InChI=1S/C30H26FN3O5/c1-38-29(36)24-21(17-8-4-3-5-9-17)15-22-25(27(24)35)23(18-10-7-13-33-16-18)26(30(37)39-2)28(32)34(22)20-12-6-11-19(31)14-20/h3-14,16,21,23-24H,15,32H2,1-2H3/t21-,23-,24+/m0/s1. The fraction of sp³-hybridized carbons (Fsp3) is 0.200. The number of ether oxygens (including phenoxy) is 2. The molecule has 2 N–H and O–H groups in total. The Hall–Kier alpha value is -4.79. The lowest BCUT2D eigenvalue weighted by molar-refractivity contribution is -0.150. The van der Waals surface area contributed by atoms with Gasteiger partial charge >= 0.3 is 11.9 Å². The summed E-state index contributed by atoms with van der Waals surface area (Å²) in [5.74, 6) is -5.23. The quantitative estimate of drug-likeness (QED) is 0.392. The highest BCUT2D eigenvalue weighted by Gasteiger charge is 2.51. The highest BCUT2D eigenvalue weighted by atomic mass is 19.1. The number of allylic oxidation sites excluding steroid dienone is 2. The summed E-state index contributed by atoms with van der Waals surface area (Å²) in [5.41, 5.74) is 8.92. The van der Waals surface area contributed by atoms with Crippen molar-refractivity contribution in [2.45, 2.75) is 18.3 Å². The van der Waals surface area contributed by atoms with Crippen molar-refractivity contribution >= 4 is 23.4 Å². The Morgan fingerprint density at radius 3 is 2.38 bits per heavy atom. The first-order valence-electron chi connectivity index (χ1n) is 12.3. The summed E-state index contributed by atoms with van der Waals surface area (Å²) < 4.78 is 24.6. The van der Waals surface area contributed by atoms with Crippen LogP contribution in [0.4, 0.5) is 10.1 Å². The minimum Gasteiger partial charge on any atom is -0.468 e. The lowest BCUT2D eigenvalue weighted by atomic mass is 9.67.